The average molecular weight is 160 g/mol. The fourth-order valence-corrected chi connectivity index (χ4v) is 2.96. The van der Waals surface area contributed by atoms with Gasteiger partial charge in [0.25, 0.3) is 0 Å². The van der Waals surface area contributed by atoms with Crippen LogP contribution in [0.1, 0.15) is 13.3 Å². The summed E-state index contributed by atoms with van der Waals surface area (Å²) < 4.78 is 0. The molecule has 0 amide bonds. The second-order valence-corrected chi connectivity index (χ2v) is 4.85. The highest BCUT2D eigenvalue weighted by atomic mass is 32.2. The van der Waals surface area contributed by atoms with Crippen LogP contribution in [0.3, 0.4) is 0 Å². The third-order valence-corrected chi connectivity index (χ3v) is 4.07. The van der Waals surface area contributed by atoms with Gasteiger partial charge in [-0.3, -0.25) is 0 Å². The normalized spacial score (nSPS) is 29.9. The molecule has 52 valence electrons. The molecular formula is C7H12S2. The van der Waals surface area contributed by atoms with E-state index in [1.54, 1.807) is 0 Å². The fourth-order valence-electron chi connectivity index (χ4n) is 0.733. The molecule has 1 aliphatic rings. The molecule has 0 aromatic rings. The molecule has 1 aliphatic heterocycles. The smallest absolute Gasteiger partial charge is 0.0322 e. The van der Waals surface area contributed by atoms with Crippen LogP contribution >= 0.6 is 23.5 Å². The molecule has 0 N–H and O–H groups in total. The second kappa shape index (κ2) is 3.57. The SMILES string of the molecule is C=C1SCCCS[C@@H]1C. The van der Waals surface area contributed by atoms with E-state index in [1.807, 2.05) is 23.5 Å². The zero-order valence-electron chi connectivity index (χ0n) is 5.72. The van der Waals surface area contributed by atoms with Gasteiger partial charge in [0.1, 0.15) is 0 Å². The summed E-state index contributed by atoms with van der Waals surface area (Å²) in [7, 11) is 0. The number of rotatable bonds is 0. The number of hydrogen-bond donors (Lipinski definition) is 0. The van der Waals surface area contributed by atoms with Gasteiger partial charge >= 0.3 is 0 Å². The Bertz CT molecular complexity index is 109. The van der Waals surface area contributed by atoms with Gasteiger partial charge in [-0.25, -0.2) is 0 Å². The van der Waals surface area contributed by atoms with Crippen molar-refractivity contribution in [1.29, 1.82) is 0 Å². The zero-order chi connectivity index (χ0) is 6.69. The van der Waals surface area contributed by atoms with Gasteiger partial charge in [-0.2, -0.15) is 11.8 Å². The van der Waals surface area contributed by atoms with E-state index < -0.39 is 0 Å². The van der Waals surface area contributed by atoms with Gasteiger partial charge in [0.05, 0.1) is 0 Å². The standard InChI is InChI=1S/C7H12S2/c1-6-7(2)9-5-3-4-8-6/h7H,1,3-5H2,2H3/t7-/m1/s1. The first-order valence-corrected chi connectivity index (χ1v) is 5.27. The molecule has 1 rings (SSSR count). The van der Waals surface area contributed by atoms with Crippen LogP contribution in [0, 0.1) is 0 Å². The molecule has 1 fully saturated rings. The number of thioether (sulfide) groups is 2. The van der Waals surface area contributed by atoms with Crippen LogP contribution < -0.4 is 0 Å². The summed E-state index contributed by atoms with van der Waals surface area (Å²) in [6.45, 7) is 6.24. The van der Waals surface area contributed by atoms with Crippen LogP contribution in [-0.2, 0) is 0 Å². The molecule has 0 aromatic carbocycles. The molecule has 0 aliphatic carbocycles. The van der Waals surface area contributed by atoms with Gasteiger partial charge < -0.3 is 0 Å². The lowest BCUT2D eigenvalue weighted by Crippen LogP contribution is -1.93. The first-order valence-electron chi connectivity index (χ1n) is 3.24. The van der Waals surface area contributed by atoms with Crippen molar-refractivity contribution in [2.24, 2.45) is 0 Å². The zero-order valence-corrected chi connectivity index (χ0v) is 7.36. The second-order valence-electron chi connectivity index (χ2n) is 2.18. The quantitative estimate of drug-likeness (QED) is 0.534. The van der Waals surface area contributed by atoms with Crippen molar-refractivity contribution in [3.8, 4) is 0 Å². The van der Waals surface area contributed by atoms with Crippen molar-refractivity contribution in [3.63, 3.8) is 0 Å². The Labute approximate surface area is 65.5 Å². The maximum atomic E-state index is 4.00. The summed E-state index contributed by atoms with van der Waals surface area (Å²) in [5.74, 6) is 2.59. The summed E-state index contributed by atoms with van der Waals surface area (Å²) in [6.07, 6.45) is 1.35. The van der Waals surface area contributed by atoms with Crippen molar-refractivity contribution >= 4 is 23.5 Å². The van der Waals surface area contributed by atoms with Gasteiger partial charge in [-0.05, 0) is 29.8 Å². The van der Waals surface area contributed by atoms with Crippen LogP contribution in [0.25, 0.3) is 0 Å². The molecule has 0 spiro atoms. The predicted molar refractivity (Wildman–Crippen MR) is 48.1 cm³/mol. The molecule has 0 saturated carbocycles. The van der Waals surface area contributed by atoms with Crippen LogP contribution in [0.2, 0.25) is 0 Å². The van der Waals surface area contributed by atoms with Crippen molar-refractivity contribution in [2.45, 2.75) is 18.6 Å². The Kier molecular flexibility index (Phi) is 2.99. The van der Waals surface area contributed by atoms with E-state index in [-0.39, 0.29) is 0 Å². The largest absolute Gasteiger partial charge is 0.154 e. The minimum atomic E-state index is 0.678. The Balaban J connectivity index is 2.41. The predicted octanol–water partition coefficient (Wildman–Crippen LogP) is 2.76. The summed E-state index contributed by atoms with van der Waals surface area (Å²) in [4.78, 5) is 1.36. The van der Waals surface area contributed by atoms with Crippen molar-refractivity contribution in [1.82, 2.24) is 0 Å². The summed E-state index contributed by atoms with van der Waals surface area (Å²) in [5, 5.41) is 0.678. The topological polar surface area (TPSA) is 0 Å². The maximum Gasteiger partial charge on any atom is 0.0322 e. The highest BCUT2D eigenvalue weighted by molar-refractivity contribution is 8.06. The minimum absolute atomic E-state index is 0.678. The highest BCUT2D eigenvalue weighted by Gasteiger charge is 2.10. The molecule has 9 heavy (non-hydrogen) atoms. The molecule has 0 radical (unpaired) electrons. The van der Waals surface area contributed by atoms with Crippen molar-refractivity contribution in [3.05, 3.63) is 11.5 Å². The fraction of sp³-hybridized carbons (Fsp3) is 0.714. The summed E-state index contributed by atoms with van der Waals surface area (Å²) in [5.41, 5.74) is 0. The molecule has 1 saturated heterocycles. The van der Waals surface area contributed by atoms with Crippen LogP contribution in [0.15, 0.2) is 11.5 Å². The van der Waals surface area contributed by atoms with Gasteiger partial charge in [-0.1, -0.05) is 6.58 Å². The van der Waals surface area contributed by atoms with Crippen LogP contribution in [0.5, 0.6) is 0 Å². The third-order valence-electron chi connectivity index (χ3n) is 1.40. The van der Waals surface area contributed by atoms with E-state index in [2.05, 4.69) is 13.5 Å². The molecule has 1 atom stereocenters. The lowest BCUT2D eigenvalue weighted by atomic mass is 10.5. The third kappa shape index (κ3) is 2.26. The Morgan fingerprint density at radius 2 is 2.33 bits per heavy atom. The van der Waals surface area contributed by atoms with E-state index in [0.29, 0.717) is 5.25 Å². The van der Waals surface area contributed by atoms with E-state index in [4.69, 9.17) is 0 Å². The monoisotopic (exact) mass is 160 g/mol. The first-order chi connectivity index (χ1) is 4.30. The van der Waals surface area contributed by atoms with Gasteiger partial charge in [0.15, 0.2) is 0 Å². The lowest BCUT2D eigenvalue weighted by Gasteiger charge is -2.06. The Morgan fingerprint density at radius 3 is 3.11 bits per heavy atom. The molecular weight excluding hydrogens is 148 g/mol. The Morgan fingerprint density at radius 1 is 1.56 bits per heavy atom. The van der Waals surface area contributed by atoms with E-state index in [1.165, 1.54) is 22.8 Å². The highest BCUT2D eigenvalue weighted by Crippen LogP contribution is 2.31. The Hall–Kier alpha value is 0.440. The van der Waals surface area contributed by atoms with E-state index in [9.17, 15) is 0 Å². The van der Waals surface area contributed by atoms with Crippen molar-refractivity contribution in [2.75, 3.05) is 11.5 Å². The van der Waals surface area contributed by atoms with Crippen LogP contribution in [0.4, 0.5) is 0 Å². The van der Waals surface area contributed by atoms with E-state index in [0.717, 1.165) is 0 Å². The maximum absolute atomic E-state index is 4.00. The molecule has 0 bridgehead atoms. The van der Waals surface area contributed by atoms with Gasteiger partial charge in [0.2, 0.25) is 0 Å². The minimum Gasteiger partial charge on any atom is -0.154 e. The molecule has 0 aromatic heterocycles. The molecule has 1 heterocycles. The van der Waals surface area contributed by atoms with E-state index >= 15 is 0 Å². The summed E-state index contributed by atoms with van der Waals surface area (Å²) in [6, 6.07) is 0. The molecule has 0 nitrogen and oxygen atoms in total. The first kappa shape index (κ1) is 7.55. The van der Waals surface area contributed by atoms with Crippen LogP contribution in [-0.4, -0.2) is 16.8 Å². The van der Waals surface area contributed by atoms with Gasteiger partial charge in [-0.15, -0.1) is 11.8 Å². The average Bonchev–Trinajstić information content (AvgIpc) is 1.99. The molecule has 2 heteroatoms. The molecule has 0 unspecified atom stereocenters. The lowest BCUT2D eigenvalue weighted by molar-refractivity contribution is 1.13. The summed E-state index contributed by atoms with van der Waals surface area (Å²) >= 11 is 3.96. The number of hydrogen-bond acceptors (Lipinski definition) is 2. The van der Waals surface area contributed by atoms with Crippen molar-refractivity contribution < 1.29 is 0 Å². The van der Waals surface area contributed by atoms with Gasteiger partial charge in [0, 0.05) is 5.25 Å².